The van der Waals surface area contributed by atoms with Gasteiger partial charge in [-0.1, -0.05) is 12.1 Å². The van der Waals surface area contributed by atoms with Crippen molar-refractivity contribution >= 4 is 41.5 Å². The lowest BCUT2D eigenvalue weighted by Crippen LogP contribution is -2.39. The van der Waals surface area contributed by atoms with Gasteiger partial charge in [-0.15, -0.1) is 24.0 Å². The number of benzene rings is 1. The van der Waals surface area contributed by atoms with Gasteiger partial charge in [-0.05, 0) is 37.5 Å². The zero-order valence-corrected chi connectivity index (χ0v) is 17.1. The predicted octanol–water partition coefficient (Wildman–Crippen LogP) is 2.40. The summed E-state index contributed by atoms with van der Waals surface area (Å²) in [5.41, 5.74) is 2.03. The van der Waals surface area contributed by atoms with Gasteiger partial charge in [0.25, 0.3) is 0 Å². The fourth-order valence-electron chi connectivity index (χ4n) is 2.03. The molecule has 0 saturated carbocycles. The van der Waals surface area contributed by atoms with Crippen molar-refractivity contribution in [3.63, 3.8) is 0 Å². The van der Waals surface area contributed by atoms with Crippen molar-refractivity contribution < 1.29 is 9.53 Å². The predicted molar refractivity (Wildman–Crippen MR) is 110 cm³/mol. The van der Waals surface area contributed by atoms with Crippen LogP contribution >= 0.6 is 24.0 Å². The number of nitrogens with zero attached hydrogens (tertiary/aromatic N) is 1. The van der Waals surface area contributed by atoms with Crippen LogP contribution in [0.15, 0.2) is 29.3 Å². The number of guanidine groups is 1. The van der Waals surface area contributed by atoms with Gasteiger partial charge >= 0.3 is 0 Å². The molecule has 1 aromatic rings. The third kappa shape index (κ3) is 10.4. The number of ether oxygens (including phenoxy) is 1. The molecule has 0 spiro atoms. The van der Waals surface area contributed by atoms with Gasteiger partial charge in [-0.3, -0.25) is 9.79 Å². The van der Waals surface area contributed by atoms with Gasteiger partial charge in [0.05, 0.1) is 0 Å². The van der Waals surface area contributed by atoms with Gasteiger partial charge in [0.2, 0.25) is 5.91 Å². The van der Waals surface area contributed by atoms with Crippen molar-refractivity contribution in [2.75, 3.05) is 38.7 Å². The molecule has 0 aliphatic carbocycles. The number of carbonyl (C=O) groups is 1. The van der Waals surface area contributed by atoms with Crippen molar-refractivity contribution in [3.8, 4) is 0 Å². The van der Waals surface area contributed by atoms with E-state index in [-0.39, 0.29) is 29.9 Å². The lowest BCUT2D eigenvalue weighted by atomic mass is 10.1. The molecule has 0 unspecified atom stereocenters. The van der Waals surface area contributed by atoms with E-state index in [4.69, 9.17) is 4.74 Å². The molecular weight excluding hydrogens is 419 g/mol. The summed E-state index contributed by atoms with van der Waals surface area (Å²) >= 11 is 0. The van der Waals surface area contributed by atoms with Crippen LogP contribution < -0.4 is 16.0 Å². The Balaban J connectivity index is 0.00000529. The van der Waals surface area contributed by atoms with Gasteiger partial charge in [0, 0.05) is 46.0 Å². The van der Waals surface area contributed by atoms with E-state index >= 15 is 0 Å². The summed E-state index contributed by atoms with van der Waals surface area (Å²) in [4.78, 5) is 15.2. The second kappa shape index (κ2) is 14.0. The quantitative estimate of drug-likeness (QED) is 0.235. The highest BCUT2D eigenvalue weighted by atomic mass is 127. The zero-order chi connectivity index (χ0) is 16.9. The first-order valence-electron chi connectivity index (χ1n) is 8.04. The number of anilines is 1. The average Bonchev–Trinajstić information content (AvgIpc) is 2.54. The van der Waals surface area contributed by atoms with E-state index < -0.39 is 0 Å². The molecule has 1 rings (SSSR count). The SMILES string of the molecule is CCOCCCNC(=NC)NCCc1ccc(NC(C)=O)cc1.I. The minimum atomic E-state index is -0.0568. The van der Waals surface area contributed by atoms with Crippen LogP contribution in [0.4, 0.5) is 5.69 Å². The Morgan fingerprint density at radius 2 is 1.83 bits per heavy atom. The van der Waals surface area contributed by atoms with Crippen LogP contribution in [0.1, 0.15) is 25.8 Å². The molecule has 3 N–H and O–H groups in total. The maximum atomic E-state index is 11.0. The number of hydrogen-bond donors (Lipinski definition) is 3. The molecule has 1 amide bonds. The molecule has 0 atom stereocenters. The first-order chi connectivity index (χ1) is 11.2. The number of nitrogens with one attached hydrogen (secondary N) is 3. The summed E-state index contributed by atoms with van der Waals surface area (Å²) in [7, 11) is 1.76. The average molecular weight is 448 g/mol. The second-order valence-electron chi connectivity index (χ2n) is 5.10. The molecule has 0 fully saturated rings. The Hall–Kier alpha value is -1.35. The smallest absolute Gasteiger partial charge is 0.221 e. The van der Waals surface area contributed by atoms with Gasteiger partial charge in [-0.25, -0.2) is 0 Å². The normalized spacial score (nSPS) is 10.7. The molecule has 0 bridgehead atoms. The number of halogens is 1. The van der Waals surface area contributed by atoms with Crippen molar-refractivity contribution in [3.05, 3.63) is 29.8 Å². The molecule has 0 heterocycles. The minimum absolute atomic E-state index is 0. The summed E-state index contributed by atoms with van der Waals surface area (Å²) in [6, 6.07) is 7.87. The highest BCUT2D eigenvalue weighted by Crippen LogP contribution is 2.09. The number of amides is 1. The molecule has 0 aliphatic heterocycles. The Bertz CT molecular complexity index is 492. The first-order valence-corrected chi connectivity index (χ1v) is 8.04. The Labute approximate surface area is 161 Å². The van der Waals surface area contributed by atoms with Gasteiger partial charge in [-0.2, -0.15) is 0 Å². The fourth-order valence-corrected chi connectivity index (χ4v) is 2.03. The van der Waals surface area contributed by atoms with Gasteiger partial charge in [0.1, 0.15) is 0 Å². The number of rotatable bonds is 9. The van der Waals surface area contributed by atoms with E-state index in [0.717, 1.165) is 50.8 Å². The number of aliphatic imine (C=N–C) groups is 1. The largest absolute Gasteiger partial charge is 0.382 e. The molecule has 0 radical (unpaired) electrons. The van der Waals surface area contributed by atoms with E-state index in [1.807, 2.05) is 31.2 Å². The van der Waals surface area contributed by atoms with Crippen LogP contribution in [0.2, 0.25) is 0 Å². The van der Waals surface area contributed by atoms with Crippen molar-refractivity contribution in [2.24, 2.45) is 4.99 Å². The van der Waals surface area contributed by atoms with Crippen molar-refractivity contribution in [1.82, 2.24) is 10.6 Å². The highest BCUT2D eigenvalue weighted by Gasteiger charge is 1.99. The standard InChI is InChI=1S/C17H28N4O2.HI/c1-4-23-13-5-11-19-17(18-3)20-12-10-15-6-8-16(9-7-15)21-14(2)22;/h6-9H,4-5,10-13H2,1-3H3,(H,21,22)(H2,18,19,20);1H. The zero-order valence-electron chi connectivity index (χ0n) is 14.7. The van der Waals surface area contributed by atoms with E-state index in [9.17, 15) is 4.79 Å². The Kier molecular flexibility index (Phi) is 13.2. The Morgan fingerprint density at radius 1 is 1.17 bits per heavy atom. The van der Waals surface area contributed by atoms with E-state index in [2.05, 4.69) is 20.9 Å². The summed E-state index contributed by atoms with van der Waals surface area (Å²) in [5.74, 6) is 0.745. The molecule has 136 valence electrons. The van der Waals surface area contributed by atoms with E-state index in [1.54, 1.807) is 7.05 Å². The molecule has 0 aromatic heterocycles. The van der Waals surface area contributed by atoms with Gasteiger partial charge in [0.15, 0.2) is 5.96 Å². The monoisotopic (exact) mass is 448 g/mol. The van der Waals surface area contributed by atoms with Crippen LogP contribution in [0.3, 0.4) is 0 Å². The van der Waals surface area contributed by atoms with Crippen molar-refractivity contribution in [2.45, 2.75) is 26.7 Å². The molecule has 0 aliphatic rings. The molecule has 24 heavy (non-hydrogen) atoms. The highest BCUT2D eigenvalue weighted by molar-refractivity contribution is 14.0. The molecule has 0 saturated heterocycles. The number of carbonyl (C=O) groups excluding carboxylic acids is 1. The van der Waals surface area contributed by atoms with Gasteiger partial charge < -0.3 is 20.7 Å². The Morgan fingerprint density at radius 3 is 2.42 bits per heavy atom. The summed E-state index contributed by atoms with van der Waals surface area (Å²) in [6.45, 7) is 6.66. The third-order valence-electron chi connectivity index (χ3n) is 3.17. The van der Waals surface area contributed by atoms with Crippen LogP contribution in [0, 0.1) is 0 Å². The topological polar surface area (TPSA) is 74.8 Å². The van der Waals surface area contributed by atoms with Crippen LogP contribution in [-0.4, -0.2) is 45.2 Å². The minimum Gasteiger partial charge on any atom is -0.382 e. The molecule has 7 heteroatoms. The molecular formula is C17H29IN4O2. The molecule has 1 aromatic carbocycles. The van der Waals surface area contributed by atoms with Crippen molar-refractivity contribution in [1.29, 1.82) is 0 Å². The lowest BCUT2D eigenvalue weighted by molar-refractivity contribution is -0.114. The third-order valence-corrected chi connectivity index (χ3v) is 3.17. The summed E-state index contributed by atoms with van der Waals surface area (Å²) in [5, 5.41) is 9.30. The fraction of sp³-hybridized carbons (Fsp3) is 0.529. The van der Waals surface area contributed by atoms with Crippen LogP contribution in [0.25, 0.3) is 0 Å². The second-order valence-corrected chi connectivity index (χ2v) is 5.10. The lowest BCUT2D eigenvalue weighted by Gasteiger charge is -2.12. The van der Waals surface area contributed by atoms with E-state index in [1.165, 1.54) is 12.5 Å². The molecule has 6 nitrogen and oxygen atoms in total. The van der Waals surface area contributed by atoms with Crippen LogP contribution in [-0.2, 0) is 16.0 Å². The maximum absolute atomic E-state index is 11.0. The maximum Gasteiger partial charge on any atom is 0.221 e. The first kappa shape index (κ1) is 22.6. The van der Waals surface area contributed by atoms with E-state index in [0.29, 0.717) is 0 Å². The summed E-state index contributed by atoms with van der Waals surface area (Å²) in [6.07, 6.45) is 1.85. The number of hydrogen-bond acceptors (Lipinski definition) is 3. The van der Waals surface area contributed by atoms with Crippen LogP contribution in [0.5, 0.6) is 0 Å². The summed E-state index contributed by atoms with van der Waals surface area (Å²) < 4.78 is 5.30.